The number of hydrogen-bond donors (Lipinski definition) is 0. The molecule has 0 radical (unpaired) electrons. The lowest BCUT2D eigenvalue weighted by Crippen LogP contribution is -2.35. The molecule has 0 aliphatic heterocycles. The Bertz CT molecular complexity index is 547. The van der Waals surface area contributed by atoms with Crippen LogP contribution in [-0.2, 0) is 10.0 Å². The Morgan fingerprint density at radius 1 is 0.581 bits per heavy atom. The topological polar surface area (TPSA) is 85.0 Å². The van der Waals surface area contributed by atoms with Gasteiger partial charge in [-0.25, -0.2) is 12.7 Å². The second-order valence-electron chi connectivity index (χ2n) is 8.69. The van der Waals surface area contributed by atoms with E-state index in [9.17, 15) is 8.42 Å². The fraction of sp³-hybridized carbons (Fsp3) is 0.920. The molecule has 0 aliphatic rings. The number of rotatable bonds is 23. The SMILES string of the molecule is CCCCCS(=O)(=O)N(CCCCCCCCCC#N)CCCCCCCCCC#N. The molecule has 0 atom stereocenters. The average Bonchev–Trinajstić information content (AvgIpc) is 2.75. The Morgan fingerprint density at radius 3 is 1.35 bits per heavy atom. The highest BCUT2D eigenvalue weighted by molar-refractivity contribution is 7.89. The molecule has 0 aromatic carbocycles. The summed E-state index contributed by atoms with van der Waals surface area (Å²) >= 11 is 0. The van der Waals surface area contributed by atoms with Gasteiger partial charge in [-0.05, 0) is 32.1 Å². The minimum atomic E-state index is -3.14. The van der Waals surface area contributed by atoms with Crippen LogP contribution in [0.15, 0.2) is 0 Å². The van der Waals surface area contributed by atoms with Crippen molar-refractivity contribution in [2.75, 3.05) is 18.8 Å². The van der Waals surface area contributed by atoms with Gasteiger partial charge in [-0.1, -0.05) is 84.0 Å². The number of sulfonamides is 1. The fourth-order valence-electron chi connectivity index (χ4n) is 3.81. The maximum absolute atomic E-state index is 12.8. The van der Waals surface area contributed by atoms with Crippen molar-refractivity contribution in [3.05, 3.63) is 0 Å². The number of nitriles is 2. The van der Waals surface area contributed by atoms with E-state index in [2.05, 4.69) is 19.1 Å². The molecule has 0 saturated heterocycles. The molecule has 0 heterocycles. The van der Waals surface area contributed by atoms with Crippen LogP contribution in [0.5, 0.6) is 0 Å². The Balaban J connectivity index is 4.15. The second kappa shape index (κ2) is 22.1. The Hall–Kier alpha value is -1.11. The van der Waals surface area contributed by atoms with Gasteiger partial charge in [0, 0.05) is 25.9 Å². The highest BCUT2D eigenvalue weighted by Gasteiger charge is 2.20. The summed E-state index contributed by atoms with van der Waals surface area (Å²) in [7, 11) is -3.14. The third kappa shape index (κ3) is 19.3. The lowest BCUT2D eigenvalue weighted by molar-refractivity contribution is 0.382. The molecule has 0 bridgehead atoms. The first-order valence-corrected chi connectivity index (χ1v) is 14.4. The zero-order valence-electron chi connectivity index (χ0n) is 20.1. The van der Waals surface area contributed by atoms with E-state index in [0.29, 0.717) is 31.7 Å². The first-order valence-electron chi connectivity index (χ1n) is 12.8. The van der Waals surface area contributed by atoms with E-state index >= 15 is 0 Å². The summed E-state index contributed by atoms with van der Waals surface area (Å²) in [5.74, 6) is 0.290. The lowest BCUT2D eigenvalue weighted by atomic mass is 10.1. The monoisotopic (exact) mass is 453 g/mol. The van der Waals surface area contributed by atoms with Crippen LogP contribution in [0.1, 0.15) is 129 Å². The van der Waals surface area contributed by atoms with Crippen LogP contribution in [0.4, 0.5) is 0 Å². The van der Waals surface area contributed by atoms with Crippen molar-refractivity contribution in [2.24, 2.45) is 0 Å². The van der Waals surface area contributed by atoms with Gasteiger partial charge in [0.1, 0.15) is 0 Å². The van der Waals surface area contributed by atoms with Crippen molar-refractivity contribution in [1.82, 2.24) is 4.31 Å². The van der Waals surface area contributed by atoms with Gasteiger partial charge in [0.15, 0.2) is 0 Å². The average molecular weight is 454 g/mol. The summed E-state index contributed by atoms with van der Waals surface area (Å²) in [6.45, 7) is 3.43. The smallest absolute Gasteiger partial charge is 0.212 e. The summed E-state index contributed by atoms with van der Waals surface area (Å²) in [6, 6.07) is 4.38. The second-order valence-corrected chi connectivity index (χ2v) is 10.8. The molecule has 0 fully saturated rings. The molecule has 0 spiro atoms. The van der Waals surface area contributed by atoms with Gasteiger partial charge in [-0.15, -0.1) is 0 Å². The molecular weight excluding hydrogens is 406 g/mol. The van der Waals surface area contributed by atoms with Crippen molar-refractivity contribution >= 4 is 10.0 Å². The fourth-order valence-corrected chi connectivity index (χ4v) is 5.45. The van der Waals surface area contributed by atoms with Crippen LogP contribution in [0.25, 0.3) is 0 Å². The summed E-state index contributed by atoms with van der Waals surface area (Å²) in [5.41, 5.74) is 0. The Morgan fingerprint density at radius 2 is 0.968 bits per heavy atom. The number of unbranched alkanes of at least 4 members (excludes halogenated alkanes) is 16. The van der Waals surface area contributed by atoms with Crippen molar-refractivity contribution in [1.29, 1.82) is 10.5 Å². The highest BCUT2D eigenvalue weighted by Crippen LogP contribution is 2.14. The third-order valence-electron chi connectivity index (χ3n) is 5.79. The number of hydrogen-bond acceptors (Lipinski definition) is 4. The van der Waals surface area contributed by atoms with Crippen LogP contribution >= 0.6 is 0 Å². The van der Waals surface area contributed by atoms with E-state index in [0.717, 1.165) is 83.5 Å². The zero-order valence-corrected chi connectivity index (χ0v) is 20.9. The van der Waals surface area contributed by atoms with Crippen molar-refractivity contribution in [3.63, 3.8) is 0 Å². The van der Waals surface area contributed by atoms with Crippen LogP contribution < -0.4 is 0 Å². The van der Waals surface area contributed by atoms with Crippen LogP contribution in [0.2, 0.25) is 0 Å². The Labute approximate surface area is 193 Å². The first-order chi connectivity index (χ1) is 15.1. The predicted molar refractivity (Wildman–Crippen MR) is 130 cm³/mol. The summed E-state index contributed by atoms with van der Waals surface area (Å²) in [6.07, 6.45) is 19.5. The van der Waals surface area contributed by atoms with Gasteiger partial charge in [0.05, 0.1) is 17.9 Å². The Kier molecular flexibility index (Phi) is 21.3. The molecule has 5 nitrogen and oxygen atoms in total. The maximum Gasteiger partial charge on any atom is 0.214 e. The summed E-state index contributed by atoms with van der Waals surface area (Å²) in [5, 5.41) is 17.1. The van der Waals surface area contributed by atoms with Crippen molar-refractivity contribution in [2.45, 2.75) is 129 Å². The van der Waals surface area contributed by atoms with E-state index in [1.165, 1.54) is 25.7 Å². The molecule has 31 heavy (non-hydrogen) atoms. The maximum atomic E-state index is 12.8. The largest absolute Gasteiger partial charge is 0.214 e. The minimum Gasteiger partial charge on any atom is -0.212 e. The molecule has 0 rings (SSSR count). The molecule has 0 aromatic heterocycles. The van der Waals surface area contributed by atoms with Crippen LogP contribution in [-0.4, -0.2) is 31.6 Å². The van der Waals surface area contributed by atoms with E-state index in [1.807, 2.05) is 0 Å². The van der Waals surface area contributed by atoms with E-state index in [1.54, 1.807) is 4.31 Å². The van der Waals surface area contributed by atoms with Gasteiger partial charge in [-0.2, -0.15) is 10.5 Å². The summed E-state index contributed by atoms with van der Waals surface area (Å²) in [4.78, 5) is 0. The first kappa shape index (κ1) is 29.9. The molecule has 6 heteroatoms. The molecule has 180 valence electrons. The highest BCUT2D eigenvalue weighted by atomic mass is 32.2. The molecule has 0 unspecified atom stereocenters. The molecule has 0 aromatic rings. The molecule has 0 saturated carbocycles. The normalized spacial score (nSPS) is 11.5. The molecule has 0 aliphatic carbocycles. The molecular formula is C25H47N3O2S. The van der Waals surface area contributed by atoms with Crippen LogP contribution in [0.3, 0.4) is 0 Å². The summed E-state index contributed by atoms with van der Waals surface area (Å²) < 4.78 is 27.4. The van der Waals surface area contributed by atoms with Crippen LogP contribution in [0, 0.1) is 22.7 Å². The van der Waals surface area contributed by atoms with Gasteiger partial charge in [-0.3, -0.25) is 0 Å². The number of nitrogens with zero attached hydrogens (tertiary/aromatic N) is 3. The minimum absolute atomic E-state index is 0.290. The van der Waals surface area contributed by atoms with E-state index < -0.39 is 10.0 Å². The standard InChI is InChI=1S/C25H47N3O2S/c1-2-3-20-25-31(29,30)28(23-18-14-10-6-4-8-12-16-21-26)24-19-15-11-7-5-9-13-17-22-27/h2-20,23-25H2,1H3. The van der Waals surface area contributed by atoms with E-state index in [4.69, 9.17) is 10.5 Å². The zero-order chi connectivity index (χ0) is 23.0. The van der Waals surface area contributed by atoms with Gasteiger partial charge in [0.25, 0.3) is 0 Å². The molecule has 0 N–H and O–H groups in total. The predicted octanol–water partition coefficient (Wildman–Crippen LogP) is 7.10. The lowest BCUT2D eigenvalue weighted by Gasteiger charge is -2.22. The third-order valence-corrected chi connectivity index (χ3v) is 7.75. The molecule has 0 amide bonds. The van der Waals surface area contributed by atoms with E-state index in [-0.39, 0.29) is 0 Å². The van der Waals surface area contributed by atoms with Crippen molar-refractivity contribution in [3.8, 4) is 12.1 Å². The van der Waals surface area contributed by atoms with Crippen molar-refractivity contribution < 1.29 is 8.42 Å². The quantitative estimate of drug-likeness (QED) is 0.154. The van der Waals surface area contributed by atoms with Gasteiger partial charge >= 0.3 is 0 Å². The van der Waals surface area contributed by atoms with Gasteiger partial charge in [0.2, 0.25) is 10.0 Å². The van der Waals surface area contributed by atoms with Gasteiger partial charge < -0.3 is 0 Å².